The molecule has 3 rings (SSSR count). The predicted molar refractivity (Wildman–Crippen MR) is 98.4 cm³/mol. The first-order valence-electron chi connectivity index (χ1n) is 9.70. The van der Waals surface area contributed by atoms with Gasteiger partial charge in [-0.3, -0.25) is 4.79 Å². The summed E-state index contributed by atoms with van der Waals surface area (Å²) in [6, 6.07) is 0. The van der Waals surface area contributed by atoms with E-state index in [2.05, 4.69) is 40.3 Å². The van der Waals surface area contributed by atoms with Crippen molar-refractivity contribution in [1.82, 2.24) is 0 Å². The van der Waals surface area contributed by atoms with Gasteiger partial charge in [-0.2, -0.15) is 0 Å². The van der Waals surface area contributed by atoms with E-state index in [1.54, 1.807) is 6.92 Å². The lowest BCUT2D eigenvalue weighted by atomic mass is 9.43. The molecule has 0 spiro atoms. The predicted octanol–water partition coefficient (Wildman–Crippen LogP) is 5.54. The molecule has 2 fully saturated rings. The summed E-state index contributed by atoms with van der Waals surface area (Å²) in [7, 11) is 0. The number of hydrogen-bond donors (Lipinski definition) is 0. The molecule has 6 atom stereocenters. The van der Waals surface area contributed by atoms with Crippen molar-refractivity contribution in [2.45, 2.75) is 72.8 Å². The van der Waals surface area contributed by atoms with Gasteiger partial charge in [0.05, 0.1) is 0 Å². The van der Waals surface area contributed by atoms with Crippen molar-refractivity contribution in [2.24, 2.45) is 34.5 Å². The van der Waals surface area contributed by atoms with Gasteiger partial charge in [0.2, 0.25) is 0 Å². The zero-order chi connectivity index (χ0) is 17.7. The van der Waals surface area contributed by atoms with Gasteiger partial charge in [-0.25, -0.2) is 0 Å². The standard InChI is InChI=1S/C22H34O2/c1-7-16-9-10-18-17(14(16)2)13-19(24-15(3)23)20-21(4,5)11-8-12-22(18,20)6/h7,9,14,17-20H,1,8,10-13H2,2-6H3/t14-,17-,18-,19+,20-,22+/m0/s1. The molecule has 0 aromatic carbocycles. The average Bonchev–Trinajstić information content (AvgIpc) is 2.46. The van der Waals surface area contributed by atoms with Crippen LogP contribution < -0.4 is 0 Å². The normalized spacial score (nSPS) is 43.9. The van der Waals surface area contributed by atoms with E-state index in [1.165, 1.54) is 24.8 Å². The van der Waals surface area contributed by atoms with Gasteiger partial charge in [-0.15, -0.1) is 0 Å². The average molecular weight is 331 g/mol. The Morgan fingerprint density at radius 2 is 2.04 bits per heavy atom. The van der Waals surface area contributed by atoms with Gasteiger partial charge in [0, 0.05) is 12.8 Å². The number of carbonyl (C=O) groups is 1. The molecule has 134 valence electrons. The minimum absolute atomic E-state index is 0.0654. The number of allylic oxidation sites excluding steroid dienone is 3. The van der Waals surface area contributed by atoms with Crippen LogP contribution in [0.5, 0.6) is 0 Å². The van der Waals surface area contributed by atoms with Gasteiger partial charge in [0.15, 0.2) is 0 Å². The zero-order valence-electron chi connectivity index (χ0n) is 16.1. The van der Waals surface area contributed by atoms with E-state index < -0.39 is 0 Å². The number of hydrogen-bond acceptors (Lipinski definition) is 2. The molecule has 2 nitrogen and oxygen atoms in total. The molecular formula is C22H34O2. The van der Waals surface area contributed by atoms with Crippen LogP contribution in [0.4, 0.5) is 0 Å². The Labute approximate surface area is 147 Å². The molecule has 0 saturated heterocycles. The number of rotatable bonds is 2. The van der Waals surface area contributed by atoms with Crippen molar-refractivity contribution in [3.05, 3.63) is 24.3 Å². The van der Waals surface area contributed by atoms with Crippen molar-refractivity contribution in [3.8, 4) is 0 Å². The second-order valence-corrected chi connectivity index (χ2v) is 9.41. The lowest BCUT2D eigenvalue weighted by Crippen LogP contribution is -2.59. The molecule has 24 heavy (non-hydrogen) atoms. The molecule has 2 heteroatoms. The van der Waals surface area contributed by atoms with E-state index >= 15 is 0 Å². The summed E-state index contributed by atoms with van der Waals surface area (Å²) >= 11 is 0. The van der Waals surface area contributed by atoms with E-state index in [4.69, 9.17) is 4.74 Å². The molecule has 0 bridgehead atoms. The van der Waals surface area contributed by atoms with E-state index in [1.807, 2.05) is 6.08 Å². The SMILES string of the molecule is C=CC1=CC[C@H]2[C@@H](C[C@@H](OC(C)=O)[C@H]3C(C)(C)CCC[C@]23C)[C@H]1C. The van der Waals surface area contributed by atoms with Crippen LogP contribution in [0, 0.1) is 34.5 Å². The van der Waals surface area contributed by atoms with E-state index in [0.717, 1.165) is 12.8 Å². The van der Waals surface area contributed by atoms with E-state index in [0.29, 0.717) is 23.7 Å². The largest absolute Gasteiger partial charge is 0.462 e. The minimum atomic E-state index is -0.120. The molecule has 0 aromatic heterocycles. The molecule has 3 aliphatic rings. The van der Waals surface area contributed by atoms with Crippen LogP contribution in [0.3, 0.4) is 0 Å². The lowest BCUT2D eigenvalue weighted by molar-refractivity contribution is -0.192. The molecule has 0 unspecified atom stereocenters. The Hall–Kier alpha value is -1.05. The van der Waals surface area contributed by atoms with Crippen LogP contribution in [0.2, 0.25) is 0 Å². The summed E-state index contributed by atoms with van der Waals surface area (Å²) in [6.07, 6.45) is 10.5. The minimum Gasteiger partial charge on any atom is -0.462 e. The van der Waals surface area contributed by atoms with Crippen LogP contribution in [-0.4, -0.2) is 12.1 Å². The van der Waals surface area contributed by atoms with Gasteiger partial charge in [-0.05, 0) is 59.8 Å². The van der Waals surface area contributed by atoms with E-state index in [-0.39, 0.29) is 22.9 Å². The molecule has 0 aromatic rings. The van der Waals surface area contributed by atoms with Crippen molar-refractivity contribution >= 4 is 5.97 Å². The van der Waals surface area contributed by atoms with Crippen LogP contribution in [-0.2, 0) is 9.53 Å². The topological polar surface area (TPSA) is 26.3 Å². The van der Waals surface area contributed by atoms with Gasteiger partial charge >= 0.3 is 5.97 Å². The maximum atomic E-state index is 11.8. The highest BCUT2D eigenvalue weighted by Gasteiger charge is 2.60. The van der Waals surface area contributed by atoms with Crippen LogP contribution in [0.25, 0.3) is 0 Å². The fourth-order valence-corrected chi connectivity index (χ4v) is 6.82. The molecule has 2 saturated carbocycles. The summed E-state index contributed by atoms with van der Waals surface area (Å²) in [4.78, 5) is 11.8. The Kier molecular flexibility index (Phi) is 4.47. The second kappa shape index (κ2) is 6.04. The maximum Gasteiger partial charge on any atom is 0.302 e. The number of esters is 1. The number of carbonyl (C=O) groups excluding carboxylic acids is 1. The second-order valence-electron chi connectivity index (χ2n) is 9.41. The fraction of sp³-hybridized carbons (Fsp3) is 0.773. The fourth-order valence-electron chi connectivity index (χ4n) is 6.82. The highest BCUT2D eigenvalue weighted by atomic mass is 16.5. The van der Waals surface area contributed by atoms with Gasteiger partial charge in [0.1, 0.15) is 6.10 Å². The number of fused-ring (bicyclic) bond motifs is 3. The van der Waals surface area contributed by atoms with E-state index in [9.17, 15) is 4.79 Å². The monoisotopic (exact) mass is 330 g/mol. The molecule has 0 heterocycles. The molecule has 3 aliphatic carbocycles. The quantitative estimate of drug-likeness (QED) is 0.621. The van der Waals surface area contributed by atoms with Gasteiger partial charge < -0.3 is 4.74 Å². The summed E-state index contributed by atoms with van der Waals surface area (Å²) < 4.78 is 5.94. The van der Waals surface area contributed by atoms with Crippen LogP contribution in [0.15, 0.2) is 24.3 Å². The lowest BCUT2D eigenvalue weighted by Gasteiger charge is -2.63. The summed E-state index contributed by atoms with van der Waals surface area (Å²) in [5, 5.41) is 0. The van der Waals surface area contributed by atoms with Crippen LogP contribution >= 0.6 is 0 Å². The van der Waals surface area contributed by atoms with Gasteiger partial charge in [-0.1, -0.05) is 52.8 Å². The third kappa shape index (κ3) is 2.66. The molecule has 0 radical (unpaired) electrons. The highest BCUT2D eigenvalue weighted by Crippen LogP contribution is 2.64. The third-order valence-corrected chi connectivity index (χ3v) is 7.66. The summed E-state index contributed by atoms with van der Waals surface area (Å²) in [6.45, 7) is 15.2. The molecular weight excluding hydrogens is 296 g/mol. The first-order valence-corrected chi connectivity index (χ1v) is 9.70. The third-order valence-electron chi connectivity index (χ3n) is 7.66. The smallest absolute Gasteiger partial charge is 0.302 e. The summed E-state index contributed by atoms with van der Waals surface area (Å²) in [5.74, 6) is 2.16. The number of ether oxygens (including phenoxy) is 1. The molecule has 0 aliphatic heterocycles. The Morgan fingerprint density at radius 1 is 1.33 bits per heavy atom. The summed E-state index contributed by atoms with van der Waals surface area (Å²) in [5.41, 5.74) is 1.89. The van der Waals surface area contributed by atoms with Crippen molar-refractivity contribution in [1.29, 1.82) is 0 Å². The highest BCUT2D eigenvalue weighted by molar-refractivity contribution is 5.66. The first kappa shape index (κ1) is 17.8. The van der Waals surface area contributed by atoms with Crippen molar-refractivity contribution < 1.29 is 9.53 Å². The van der Waals surface area contributed by atoms with Crippen molar-refractivity contribution in [3.63, 3.8) is 0 Å². The van der Waals surface area contributed by atoms with Crippen molar-refractivity contribution in [2.75, 3.05) is 0 Å². The molecule has 0 amide bonds. The molecule has 0 N–H and O–H groups in total. The first-order chi connectivity index (χ1) is 11.2. The Morgan fingerprint density at radius 3 is 2.67 bits per heavy atom. The Balaban J connectivity index is 2.04. The zero-order valence-corrected chi connectivity index (χ0v) is 16.1. The Bertz CT molecular complexity index is 558. The van der Waals surface area contributed by atoms with Crippen LogP contribution in [0.1, 0.15) is 66.7 Å². The maximum absolute atomic E-state index is 11.8. The van der Waals surface area contributed by atoms with Gasteiger partial charge in [0.25, 0.3) is 0 Å².